The van der Waals surface area contributed by atoms with Crippen LogP contribution in [0.1, 0.15) is 32.3 Å². The summed E-state index contributed by atoms with van der Waals surface area (Å²) in [5.41, 5.74) is 6.67. The Morgan fingerprint density at radius 3 is 2.18 bits per heavy atom. The molecule has 0 bridgehead atoms. The van der Waals surface area contributed by atoms with Crippen LogP contribution >= 0.6 is 12.4 Å². The van der Waals surface area contributed by atoms with Gasteiger partial charge < -0.3 is 10.5 Å². The molecule has 1 rings (SSSR count). The largest absolute Gasteiger partial charge is 0.384 e. The third-order valence-corrected chi connectivity index (χ3v) is 5.27. The standard InChI is InChI=1S/C15H26N2O3S.ClH/c1-4-15(16,5-2)12-17-21(18,19)14-8-6-13(7-9-14)10-11-20-3;/h6-9,17H,4-5,10-12,16H2,1-3H3;1H. The summed E-state index contributed by atoms with van der Waals surface area (Å²) in [7, 11) is -1.87. The van der Waals surface area contributed by atoms with Gasteiger partial charge in [-0.2, -0.15) is 0 Å². The van der Waals surface area contributed by atoms with Gasteiger partial charge in [-0.05, 0) is 37.0 Å². The van der Waals surface area contributed by atoms with Crippen molar-refractivity contribution in [1.29, 1.82) is 0 Å². The number of hydrogen-bond donors (Lipinski definition) is 2. The Bertz CT molecular complexity index is 528. The zero-order chi connectivity index (χ0) is 15.9. The van der Waals surface area contributed by atoms with E-state index in [-0.39, 0.29) is 23.8 Å². The van der Waals surface area contributed by atoms with E-state index >= 15 is 0 Å². The van der Waals surface area contributed by atoms with Crippen LogP contribution in [-0.4, -0.2) is 34.2 Å². The number of ether oxygens (including phenoxy) is 1. The lowest BCUT2D eigenvalue weighted by Crippen LogP contribution is -2.49. The first-order chi connectivity index (χ1) is 9.87. The first-order valence-electron chi connectivity index (χ1n) is 7.23. The maximum absolute atomic E-state index is 12.2. The van der Waals surface area contributed by atoms with Crippen LogP contribution in [0.4, 0.5) is 0 Å². The Labute approximate surface area is 140 Å². The van der Waals surface area contributed by atoms with E-state index in [1.807, 2.05) is 26.0 Å². The van der Waals surface area contributed by atoms with Crippen LogP contribution in [0, 0.1) is 0 Å². The van der Waals surface area contributed by atoms with Gasteiger partial charge in [0.1, 0.15) is 0 Å². The molecule has 128 valence electrons. The third kappa shape index (κ3) is 6.22. The molecule has 0 aliphatic rings. The van der Waals surface area contributed by atoms with Gasteiger partial charge in [-0.15, -0.1) is 12.4 Å². The fourth-order valence-electron chi connectivity index (χ4n) is 1.88. The van der Waals surface area contributed by atoms with Crippen LogP contribution in [0.3, 0.4) is 0 Å². The summed E-state index contributed by atoms with van der Waals surface area (Å²) in [5.74, 6) is 0. The van der Waals surface area contributed by atoms with E-state index in [2.05, 4.69) is 4.72 Å². The van der Waals surface area contributed by atoms with Crippen LogP contribution < -0.4 is 10.5 Å². The van der Waals surface area contributed by atoms with Gasteiger partial charge in [-0.25, -0.2) is 13.1 Å². The molecule has 0 aromatic heterocycles. The number of benzene rings is 1. The Kier molecular flexibility index (Phi) is 9.19. The first kappa shape index (κ1) is 21.3. The molecule has 0 heterocycles. The van der Waals surface area contributed by atoms with Gasteiger partial charge in [-0.3, -0.25) is 0 Å². The first-order valence-corrected chi connectivity index (χ1v) is 8.71. The average molecular weight is 351 g/mol. The number of rotatable bonds is 9. The number of sulfonamides is 1. The Morgan fingerprint density at radius 1 is 1.18 bits per heavy atom. The Balaban J connectivity index is 0.00000441. The van der Waals surface area contributed by atoms with Crippen LogP contribution in [0.2, 0.25) is 0 Å². The van der Waals surface area contributed by atoms with Gasteiger partial charge in [0, 0.05) is 19.2 Å². The molecule has 0 saturated heterocycles. The minimum atomic E-state index is -3.51. The van der Waals surface area contributed by atoms with Crippen molar-refractivity contribution in [3.63, 3.8) is 0 Å². The van der Waals surface area contributed by atoms with Gasteiger partial charge in [-0.1, -0.05) is 26.0 Å². The fraction of sp³-hybridized carbons (Fsp3) is 0.600. The SMILES string of the molecule is CCC(N)(CC)CNS(=O)(=O)c1ccc(CCOC)cc1.Cl. The summed E-state index contributed by atoms with van der Waals surface area (Å²) in [4.78, 5) is 0.262. The predicted molar refractivity (Wildman–Crippen MR) is 92.0 cm³/mol. The number of halogens is 1. The maximum atomic E-state index is 12.2. The van der Waals surface area contributed by atoms with Crippen molar-refractivity contribution in [3.8, 4) is 0 Å². The molecule has 0 radical (unpaired) electrons. The van der Waals surface area contributed by atoms with E-state index in [9.17, 15) is 8.42 Å². The van der Waals surface area contributed by atoms with Crippen molar-refractivity contribution in [2.75, 3.05) is 20.3 Å². The molecule has 0 atom stereocenters. The number of methoxy groups -OCH3 is 1. The quantitative estimate of drug-likeness (QED) is 0.714. The predicted octanol–water partition coefficient (Wildman–Crippen LogP) is 2.09. The van der Waals surface area contributed by atoms with Crippen molar-refractivity contribution in [2.45, 2.75) is 43.5 Å². The lowest BCUT2D eigenvalue weighted by Gasteiger charge is -2.26. The summed E-state index contributed by atoms with van der Waals surface area (Å²) in [6, 6.07) is 6.85. The maximum Gasteiger partial charge on any atom is 0.240 e. The molecular formula is C15H27ClN2O3S. The van der Waals surface area contributed by atoms with Crippen LogP contribution in [-0.2, 0) is 21.2 Å². The molecule has 22 heavy (non-hydrogen) atoms. The lowest BCUT2D eigenvalue weighted by molar-refractivity contribution is 0.202. The molecule has 0 unspecified atom stereocenters. The number of nitrogens with two attached hydrogens (primary N) is 1. The minimum Gasteiger partial charge on any atom is -0.384 e. The second-order valence-corrected chi connectivity index (χ2v) is 7.05. The molecule has 0 amide bonds. The van der Waals surface area contributed by atoms with E-state index in [0.29, 0.717) is 6.61 Å². The molecule has 5 nitrogen and oxygen atoms in total. The van der Waals surface area contributed by atoms with Gasteiger partial charge >= 0.3 is 0 Å². The molecule has 0 aliphatic heterocycles. The molecule has 0 saturated carbocycles. The van der Waals surface area contributed by atoms with Crippen molar-refractivity contribution < 1.29 is 13.2 Å². The summed E-state index contributed by atoms with van der Waals surface area (Å²) in [6.07, 6.45) is 2.21. The lowest BCUT2D eigenvalue weighted by atomic mass is 9.95. The normalized spacial score (nSPS) is 12.0. The smallest absolute Gasteiger partial charge is 0.240 e. The molecule has 3 N–H and O–H groups in total. The van der Waals surface area contributed by atoms with Crippen LogP contribution in [0.25, 0.3) is 0 Å². The molecule has 7 heteroatoms. The highest BCUT2D eigenvalue weighted by molar-refractivity contribution is 7.89. The molecule has 0 fully saturated rings. The Hall–Kier alpha value is -0.660. The van der Waals surface area contributed by atoms with E-state index < -0.39 is 15.6 Å². The second kappa shape index (κ2) is 9.47. The zero-order valence-corrected chi connectivity index (χ0v) is 15.1. The summed E-state index contributed by atoms with van der Waals surface area (Å²) < 4.78 is 32.1. The van der Waals surface area contributed by atoms with E-state index in [1.165, 1.54) is 0 Å². The topological polar surface area (TPSA) is 81.4 Å². The second-order valence-electron chi connectivity index (χ2n) is 5.28. The van der Waals surface area contributed by atoms with Crippen molar-refractivity contribution in [2.24, 2.45) is 5.73 Å². The van der Waals surface area contributed by atoms with Crippen molar-refractivity contribution in [3.05, 3.63) is 29.8 Å². The molecule has 1 aromatic carbocycles. The van der Waals surface area contributed by atoms with Gasteiger partial charge in [0.25, 0.3) is 0 Å². The van der Waals surface area contributed by atoms with Gasteiger partial charge in [0.15, 0.2) is 0 Å². The van der Waals surface area contributed by atoms with Crippen molar-refractivity contribution in [1.82, 2.24) is 4.72 Å². The van der Waals surface area contributed by atoms with Crippen molar-refractivity contribution >= 4 is 22.4 Å². The number of hydrogen-bond acceptors (Lipinski definition) is 4. The minimum absolute atomic E-state index is 0. The van der Waals surface area contributed by atoms with Gasteiger partial charge in [0.05, 0.1) is 11.5 Å². The third-order valence-electron chi connectivity index (χ3n) is 3.85. The fourth-order valence-corrected chi connectivity index (χ4v) is 3.02. The van der Waals surface area contributed by atoms with Gasteiger partial charge in [0.2, 0.25) is 10.0 Å². The summed E-state index contributed by atoms with van der Waals surface area (Å²) in [5, 5.41) is 0. The Morgan fingerprint density at radius 2 is 1.73 bits per heavy atom. The summed E-state index contributed by atoms with van der Waals surface area (Å²) in [6.45, 7) is 4.78. The highest BCUT2D eigenvalue weighted by Gasteiger charge is 2.23. The molecular weight excluding hydrogens is 324 g/mol. The van der Waals surface area contributed by atoms with E-state index in [4.69, 9.17) is 10.5 Å². The number of nitrogens with one attached hydrogen (secondary N) is 1. The van der Waals surface area contributed by atoms with E-state index in [1.54, 1.807) is 19.2 Å². The van der Waals surface area contributed by atoms with Crippen LogP contribution in [0.15, 0.2) is 29.2 Å². The van der Waals surface area contributed by atoms with Crippen LogP contribution in [0.5, 0.6) is 0 Å². The monoisotopic (exact) mass is 350 g/mol. The van der Waals surface area contributed by atoms with E-state index in [0.717, 1.165) is 24.8 Å². The molecule has 1 aromatic rings. The zero-order valence-electron chi connectivity index (χ0n) is 13.5. The highest BCUT2D eigenvalue weighted by Crippen LogP contribution is 2.14. The molecule has 0 aliphatic carbocycles. The summed E-state index contributed by atoms with van der Waals surface area (Å²) >= 11 is 0. The highest BCUT2D eigenvalue weighted by atomic mass is 35.5. The molecule has 0 spiro atoms. The average Bonchev–Trinajstić information content (AvgIpc) is 2.51.